The van der Waals surface area contributed by atoms with Gasteiger partial charge in [-0.15, -0.1) is 0 Å². The Morgan fingerprint density at radius 2 is 0.962 bits per heavy atom. The van der Waals surface area contributed by atoms with E-state index in [1.165, 1.54) is 110 Å². The Hall–Kier alpha value is -5.14. The van der Waals surface area contributed by atoms with Gasteiger partial charge < -0.3 is 4.90 Å². The molecule has 266 valence electrons. The highest BCUT2D eigenvalue weighted by molar-refractivity contribution is 6.07. The van der Waals surface area contributed by atoms with Gasteiger partial charge in [-0.3, -0.25) is 0 Å². The molecular weight excluding hydrogens is 639 g/mol. The zero-order valence-corrected chi connectivity index (χ0v) is 32.4. The summed E-state index contributed by atoms with van der Waals surface area (Å²) in [5.41, 5.74) is 12.8. The maximum absolute atomic E-state index is 2.55. The molecule has 0 N–H and O–H groups in total. The van der Waals surface area contributed by atoms with Crippen molar-refractivity contribution in [1.82, 2.24) is 0 Å². The maximum atomic E-state index is 2.55. The van der Waals surface area contributed by atoms with Crippen molar-refractivity contribution in [3.05, 3.63) is 162 Å². The SMILES string of the molecule is CC(C)(C)c1cc(-c2ccccc2N(c2ccccc2-c2cccc3cccc(C4CCCCC4)c23)c2cccc3ccccc23)cc(C(C)(C)C)c1. The van der Waals surface area contributed by atoms with Crippen LogP contribution in [0.1, 0.15) is 96.3 Å². The van der Waals surface area contributed by atoms with E-state index in [1.807, 2.05) is 0 Å². The Labute approximate surface area is 317 Å². The highest BCUT2D eigenvalue weighted by Gasteiger charge is 2.26. The van der Waals surface area contributed by atoms with Crippen LogP contribution < -0.4 is 4.90 Å². The van der Waals surface area contributed by atoms with E-state index in [-0.39, 0.29) is 10.8 Å². The number of rotatable bonds is 6. The molecule has 0 saturated heterocycles. The fourth-order valence-electron chi connectivity index (χ4n) is 8.60. The van der Waals surface area contributed by atoms with Crippen LogP contribution in [-0.2, 0) is 10.8 Å². The quantitative estimate of drug-likeness (QED) is 0.168. The molecule has 0 amide bonds. The highest BCUT2D eigenvalue weighted by Crippen LogP contribution is 2.49. The number of fused-ring (bicyclic) bond motifs is 2. The van der Waals surface area contributed by atoms with Gasteiger partial charge in [0, 0.05) is 16.5 Å². The van der Waals surface area contributed by atoms with Crippen molar-refractivity contribution < 1.29 is 0 Å². The Balaban J connectivity index is 1.43. The summed E-state index contributed by atoms with van der Waals surface area (Å²) in [6, 6.07) is 55.0. The molecule has 1 fully saturated rings. The third-order valence-electron chi connectivity index (χ3n) is 11.5. The number of hydrogen-bond acceptors (Lipinski definition) is 1. The van der Waals surface area contributed by atoms with Gasteiger partial charge >= 0.3 is 0 Å². The second kappa shape index (κ2) is 14.0. The van der Waals surface area contributed by atoms with Gasteiger partial charge in [-0.05, 0) is 91.8 Å². The molecule has 0 heterocycles. The fraction of sp³-hybridized carbons (Fsp3) is 0.269. The van der Waals surface area contributed by atoms with Crippen LogP contribution in [0, 0.1) is 0 Å². The first-order chi connectivity index (χ1) is 25.6. The largest absolute Gasteiger partial charge is 0.309 e. The molecule has 1 heteroatoms. The monoisotopic (exact) mass is 691 g/mol. The molecule has 8 rings (SSSR count). The van der Waals surface area contributed by atoms with Gasteiger partial charge in [-0.25, -0.2) is 0 Å². The lowest BCUT2D eigenvalue weighted by molar-refractivity contribution is 0.445. The topological polar surface area (TPSA) is 3.24 Å². The Kier molecular flexibility index (Phi) is 9.23. The van der Waals surface area contributed by atoms with Crippen LogP contribution in [0.4, 0.5) is 17.1 Å². The van der Waals surface area contributed by atoms with Crippen LogP contribution in [0.2, 0.25) is 0 Å². The van der Waals surface area contributed by atoms with Gasteiger partial charge in [0.25, 0.3) is 0 Å². The predicted octanol–water partition coefficient (Wildman–Crippen LogP) is 15.4. The average molecular weight is 692 g/mol. The van der Waals surface area contributed by atoms with E-state index >= 15 is 0 Å². The van der Waals surface area contributed by atoms with Crippen molar-refractivity contribution in [2.45, 2.75) is 90.4 Å². The molecule has 53 heavy (non-hydrogen) atoms. The zero-order valence-electron chi connectivity index (χ0n) is 32.4. The third kappa shape index (κ3) is 6.79. The van der Waals surface area contributed by atoms with Crippen LogP contribution in [-0.4, -0.2) is 0 Å². The van der Waals surface area contributed by atoms with Gasteiger partial charge in [0.2, 0.25) is 0 Å². The standard InChI is InChI=1S/C52H53N/c1-51(2,3)40-33-39(34-41(35-40)52(4,5)6)43-26-12-14-30-47(43)53(48-32-18-22-36-21-10-11-25-42(36)48)49-31-15-13-27-45(49)46-29-17-24-38-23-16-28-44(50(38)46)37-19-8-7-9-20-37/h10-18,21-35,37H,7-9,19-20H2,1-6H3. The lowest BCUT2D eigenvalue weighted by Gasteiger charge is -2.32. The van der Waals surface area contributed by atoms with E-state index in [9.17, 15) is 0 Å². The summed E-state index contributed by atoms with van der Waals surface area (Å²) in [6.45, 7) is 14.0. The number of para-hydroxylation sites is 2. The molecule has 0 radical (unpaired) electrons. The molecule has 7 aromatic carbocycles. The molecule has 1 saturated carbocycles. The van der Waals surface area contributed by atoms with Crippen molar-refractivity contribution in [2.75, 3.05) is 4.90 Å². The third-order valence-corrected chi connectivity index (χ3v) is 11.5. The number of anilines is 3. The lowest BCUT2D eigenvalue weighted by atomic mass is 9.78. The van der Waals surface area contributed by atoms with E-state index in [1.54, 1.807) is 0 Å². The summed E-state index contributed by atoms with van der Waals surface area (Å²) in [5.74, 6) is 0.600. The first kappa shape index (κ1) is 34.9. The lowest BCUT2D eigenvalue weighted by Crippen LogP contribution is -2.17. The molecule has 0 aliphatic heterocycles. The number of benzene rings is 7. The van der Waals surface area contributed by atoms with Gasteiger partial charge in [-0.1, -0.05) is 188 Å². The van der Waals surface area contributed by atoms with E-state index in [0.29, 0.717) is 5.92 Å². The molecule has 0 aromatic heterocycles. The highest BCUT2D eigenvalue weighted by atomic mass is 15.1. The second-order valence-electron chi connectivity index (χ2n) is 17.3. The predicted molar refractivity (Wildman–Crippen MR) is 230 cm³/mol. The van der Waals surface area contributed by atoms with Crippen molar-refractivity contribution >= 4 is 38.6 Å². The minimum absolute atomic E-state index is 0.0112. The molecular formula is C52H53N. The van der Waals surface area contributed by atoms with Gasteiger partial charge in [0.1, 0.15) is 0 Å². The van der Waals surface area contributed by atoms with E-state index < -0.39 is 0 Å². The number of hydrogen-bond donors (Lipinski definition) is 0. The van der Waals surface area contributed by atoms with Gasteiger partial charge in [0.15, 0.2) is 0 Å². The van der Waals surface area contributed by atoms with Crippen molar-refractivity contribution in [3.63, 3.8) is 0 Å². The first-order valence-electron chi connectivity index (χ1n) is 19.7. The Bertz CT molecular complexity index is 2370. The van der Waals surface area contributed by atoms with Crippen LogP contribution >= 0.6 is 0 Å². The summed E-state index contributed by atoms with van der Waals surface area (Å²) >= 11 is 0. The molecule has 1 nitrogen and oxygen atoms in total. The molecule has 0 unspecified atom stereocenters. The summed E-state index contributed by atoms with van der Waals surface area (Å²) in [7, 11) is 0. The van der Waals surface area contributed by atoms with Gasteiger partial charge in [0.05, 0.1) is 17.1 Å². The van der Waals surface area contributed by atoms with Crippen LogP contribution in [0.5, 0.6) is 0 Å². The maximum Gasteiger partial charge on any atom is 0.0540 e. The van der Waals surface area contributed by atoms with Crippen molar-refractivity contribution in [2.24, 2.45) is 0 Å². The van der Waals surface area contributed by atoms with E-state index in [0.717, 1.165) is 0 Å². The van der Waals surface area contributed by atoms with Crippen LogP contribution in [0.25, 0.3) is 43.8 Å². The molecule has 0 atom stereocenters. The van der Waals surface area contributed by atoms with E-state index in [2.05, 4.69) is 192 Å². The summed E-state index contributed by atoms with van der Waals surface area (Å²) < 4.78 is 0. The Morgan fingerprint density at radius 1 is 0.453 bits per heavy atom. The molecule has 1 aliphatic carbocycles. The smallest absolute Gasteiger partial charge is 0.0540 e. The molecule has 0 spiro atoms. The molecule has 7 aromatic rings. The second-order valence-corrected chi connectivity index (χ2v) is 17.3. The molecule has 1 aliphatic rings. The van der Waals surface area contributed by atoms with Gasteiger partial charge in [-0.2, -0.15) is 0 Å². The van der Waals surface area contributed by atoms with Crippen molar-refractivity contribution in [1.29, 1.82) is 0 Å². The zero-order chi connectivity index (χ0) is 36.7. The fourth-order valence-corrected chi connectivity index (χ4v) is 8.60. The summed E-state index contributed by atoms with van der Waals surface area (Å²) in [4.78, 5) is 2.55. The normalized spacial score (nSPS) is 14.2. The van der Waals surface area contributed by atoms with Crippen LogP contribution in [0.15, 0.2) is 146 Å². The van der Waals surface area contributed by atoms with Crippen LogP contribution in [0.3, 0.4) is 0 Å². The summed E-state index contributed by atoms with van der Waals surface area (Å²) in [5, 5.41) is 5.21. The van der Waals surface area contributed by atoms with Crippen molar-refractivity contribution in [3.8, 4) is 22.3 Å². The molecule has 0 bridgehead atoms. The summed E-state index contributed by atoms with van der Waals surface area (Å²) in [6.07, 6.45) is 6.54. The average Bonchev–Trinajstić information content (AvgIpc) is 3.17. The Morgan fingerprint density at radius 3 is 1.66 bits per heavy atom. The first-order valence-corrected chi connectivity index (χ1v) is 19.7. The number of nitrogens with zero attached hydrogens (tertiary/aromatic N) is 1. The van der Waals surface area contributed by atoms with E-state index in [4.69, 9.17) is 0 Å². The minimum atomic E-state index is 0.0112. The minimum Gasteiger partial charge on any atom is -0.309 e.